The normalized spacial score (nSPS) is 24.7. The molecule has 2 rings (SSSR count). The monoisotopic (exact) mass is 448 g/mol. The van der Waals surface area contributed by atoms with Crippen molar-refractivity contribution in [3.8, 4) is 0 Å². The molecule has 5 atom stereocenters. The highest BCUT2D eigenvalue weighted by atomic mass is 16.7. The van der Waals surface area contributed by atoms with Gasteiger partial charge < -0.3 is 23.7 Å². The van der Waals surface area contributed by atoms with Crippen LogP contribution in [0.25, 0.3) is 0 Å². The molecule has 0 aromatic heterocycles. The summed E-state index contributed by atoms with van der Waals surface area (Å²) in [6, 6.07) is 7.33. The van der Waals surface area contributed by atoms with Crippen LogP contribution in [0.4, 0.5) is 0 Å². The number of allylic oxidation sites excluding steroid dienone is 1. The summed E-state index contributed by atoms with van der Waals surface area (Å²) >= 11 is 0. The molecule has 9 nitrogen and oxygen atoms in total. The van der Waals surface area contributed by atoms with Crippen molar-refractivity contribution < 1.29 is 42.9 Å². The molecule has 9 heteroatoms. The van der Waals surface area contributed by atoms with Crippen molar-refractivity contribution in [1.29, 1.82) is 0 Å². The molecule has 0 saturated carbocycles. The summed E-state index contributed by atoms with van der Waals surface area (Å²) in [6.07, 6.45) is -3.01. The molecule has 32 heavy (non-hydrogen) atoms. The van der Waals surface area contributed by atoms with Crippen LogP contribution in [0.2, 0.25) is 0 Å². The van der Waals surface area contributed by atoms with Crippen molar-refractivity contribution in [3.63, 3.8) is 0 Å². The molecule has 0 radical (unpaired) electrons. The van der Waals surface area contributed by atoms with E-state index in [-0.39, 0.29) is 6.61 Å². The lowest BCUT2D eigenvalue weighted by Crippen LogP contribution is -2.59. The van der Waals surface area contributed by atoms with Crippen LogP contribution < -0.4 is 0 Å². The summed E-state index contributed by atoms with van der Waals surface area (Å²) in [6.45, 7) is 8.27. The molecular formula is C23H28O9. The van der Waals surface area contributed by atoms with Gasteiger partial charge in [0.25, 0.3) is 0 Å². The van der Waals surface area contributed by atoms with Crippen molar-refractivity contribution in [3.05, 3.63) is 48.0 Å². The second-order valence-corrected chi connectivity index (χ2v) is 7.36. The Morgan fingerprint density at radius 1 is 0.906 bits per heavy atom. The molecule has 1 saturated heterocycles. The SMILES string of the molecule is C=CCc1cccc([C@H]2O[C@H](COC(C)=O)[C@@H](OC(C)=O)[C@@H](OC(C)=O)[C@@H]2OC(C)=O)c1. The Morgan fingerprint density at radius 2 is 1.50 bits per heavy atom. The maximum Gasteiger partial charge on any atom is 0.303 e. The molecule has 0 amide bonds. The summed E-state index contributed by atoms with van der Waals surface area (Å²) in [4.78, 5) is 47.0. The Morgan fingerprint density at radius 3 is 2.06 bits per heavy atom. The average molecular weight is 448 g/mol. The van der Waals surface area contributed by atoms with Gasteiger partial charge in [-0.25, -0.2) is 0 Å². The third kappa shape index (κ3) is 6.91. The summed E-state index contributed by atoms with van der Waals surface area (Å²) in [5, 5.41) is 0. The molecule has 1 aromatic rings. The largest absolute Gasteiger partial charge is 0.463 e. The van der Waals surface area contributed by atoms with E-state index in [0.29, 0.717) is 12.0 Å². The zero-order valence-corrected chi connectivity index (χ0v) is 18.6. The number of carbonyl (C=O) groups is 4. The van der Waals surface area contributed by atoms with E-state index in [2.05, 4.69) is 6.58 Å². The number of ether oxygens (including phenoxy) is 5. The van der Waals surface area contributed by atoms with Gasteiger partial charge >= 0.3 is 23.9 Å². The van der Waals surface area contributed by atoms with E-state index in [4.69, 9.17) is 23.7 Å². The standard InChI is InChI=1S/C23H28O9/c1-6-8-17-9-7-10-18(11-17)20-22(30-15(4)26)23(31-16(5)27)21(29-14(3)25)19(32-20)12-28-13(2)24/h6-7,9-11,19-23H,1,8,12H2,2-5H3/t19-,20-,21-,22-,23-/m1/s1. The Balaban J connectivity index is 2.55. The number of hydrogen-bond donors (Lipinski definition) is 0. The van der Waals surface area contributed by atoms with Crippen LogP contribution in [0.1, 0.15) is 44.9 Å². The van der Waals surface area contributed by atoms with E-state index in [1.54, 1.807) is 12.1 Å². The lowest BCUT2D eigenvalue weighted by molar-refractivity contribution is -0.254. The van der Waals surface area contributed by atoms with E-state index in [9.17, 15) is 19.2 Å². The fraction of sp³-hybridized carbons (Fsp3) is 0.478. The zero-order chi connectivity index (χ0) is 23.8. The highest BCUT2D eigenvalue weighted by Gasteiger charge is 2.52. The van der Waals surface area contributed by atoms with Crippen molar-refractivity contribution in [2.45, 2.75) is 64.6 Å². The van der Waals surface area contributed by atoms with Crippen molar-refractivity contribution in [2.24, 2.45) is 0 Å². The highest BCUT2D eigenvalue weighted by molar-refractivity contribution is 5.68. The van der Waals surface area contributed by atoms with Crippen LogP contribution >= 0.6 is 0 Å². The molecule has 1 aromatic carbocycles. The van der Waals surface area contributed by atoms with Crippen molar-refractivity contribution in [1.82, 2.24) is 0 Å². The first-order valence-electron chi connectivity index (χ1n) is 10.1. The maximum atomic E-state index is 11.9. The van der Waals surface area contributed by atoms with Gasteiger partial charge in [0.15, 0.2) is 18.3 Å². The first kappa shape index (κ1) is 25.1. The predicted molar refractivity (Wildman–Crippen MR) is 111 cm³/mol. The zero-order valence-electron chi connectivity index (χ0n) is 18.6. The molecule has 1 aliphatic heterocycles. The first-order chi connectivity index (χ1) is 15.1. The van der Waals surface area contributed by atoms with Gasteiger partial charge in [-0.1, -0.05) is 30.3 Å². The van der Waals surface area contributed by atoms with Crippen LogP contribution in [0.15, 0.2) is 36.9 Å². The van der Waals surface area contributed by atoms with E-state index < -0.39 is 54.4 Å². The lowest BCUT2D eigenvalue weighted by atomic mass is 9.89. The second kappa shape index (κ2) is 11.4. The maximum absolute atomic E-state index is 11.9. The predicted octanol–water partition coefficient (Wildman–Crippen LogP) is 2.21. The first-order valence-corrected chi connectivity index (χ1v) is 10.1. The number of carbonyl (C=O) groups excluding carboxylic acids is 4. The highest BCUT2D eigenvalue weighted by Crippen LogP contribution is 2.38. The van der Waals surface area contributed by atoms with Gasteiger partial charge in [0, 0.05) is 27.7 Å². The number of esters is 4. The smallest absolute Gasteiger partial charge is 0.303 e. The summed E-state index contributed by atoms with van der Waals surface area (Å²) < 4.78 is 27.6. The van der Waals surface area contributed by atoms with Crippen LogP contribution in [0.3, 0.4) is 0 Å². The minimum absolute atomic E-state index is 0.263. The minimum atomic E-state index is -1.19. The Labute approximate surface area is 186 Å². The van der Waals surface area contributed by atoms with Crippen LogP contribution in [-0.2, 0) is 49.3 Å². The molecule has 1 fully saturated rings. The van der Waals surface area contributed by atoms with E-state index in [1.807, 2.05) is 18.2 Å². The topological polar surface area (TPSA) is 114 Å². The Kier molecular flexibility index (Phi) is 8.95. The molecule has 0 spiro atoms. The third-order valence-electron chi connectivity index (χ3n) is 4.65. The van der Waals surface area contributed by atoms with Gasteiger partial charge in [0.05, 0.1) is 0 Å². The van der Waals surface area contributed by atoms with Crippen molar-refractivity contribution in [2.75, 3.05) is 6.61 Å². The average Bonchev–Trinajstić information content (AvgIpc) is 2.69. The fourth-order valence-electron chi connectivity index (χ4n) is 3.56. The summed E-state index contributed by atoms with van der Waals surface area (Å²) in [7, 11) is 0. The fourth-order valence-corrected chi connectivity index (χ4v) is 3.56. The van der Waals surface area contributed by atoms with Crippen LogP contribution in [-0.4, -0.2) is 54.9 Å². The van der Waals surface area contributed by atoms with E-state index in [1.165, 1.54) is 27.7 Å². The van der Waals surface area contributed by atoms with Gasteiger partial charge in [-0.2, -0.15) is 0 Å². The van der Waals surface area contributed by atoms with Gasteiger partial charge in [-0.15, -0.1) is 6.58 Å². The van der Waals surface area contributed by atoms with Crippen molar-refractivity contribution >= 4 is 23.9 Å². The van der Waals surface area contributed by atoms with E-state index >= 15 is 0 Å². The summed E-state index contributed by atoms with van der Waals surface area (Å²) in [5.41, 5.74) is 1.58. The quantitative estimate of drug-likeness (QED) is 0.335. The number of rotatable bonds is 8. The molecule has 0 bridgehead atoms. The summed E-state index contributed by atoms with van der Waals surface area (Å²) in [5.74, 6) is -2.54. The van der Waals surface area contributed by atoms with Crippen LogP contribution in [0, 0.1) is 0 Å². The third-order valence-corrected chi connectivity index (χ3v) is 4.65. The molecule has 0 aliphatic carbocycles. The van der Waals surface area contributed by atoms with Gasteiger partial charge in [0.1, 0.15) is 18.8 Å². The molecule has 174 valence electrons. The molecule has 1 heterocycles. The van der Waals surface area contributed by atoms with Crippen LogP contribution in [0.5, 0.6) is 0 Å². The number of benzene rings is 1. The lowest BCUT2D eigenvalue weighted by Gasteiger charge is -2.44. The molecule has 0 unspecified atom stereocenters. The molecule has 1 aliphatic rings. The Hall–Kier alpha value is -3.20. The van der Waals surface area contributed by atoms with Gasteiger partial charge in [-0.05, 0) is 17.5 Å². The van der Waals surface area contributed by atoms with Gasteiger partial charge in [-0.3, -0.25) is 19.2 Å². The molecule has 0 N–H and O–H groups in total. The number of hydrogen-bond acceptors (Lipinski definition) is 9. The second-order valence-electron chi connectivity index (χ2n) is 7.36. The molecular weight excluding hydrogens is 420 g/mol. The van der Waals surface area contributed by atoms with Gasteiger partial charge in [0.2, 0.25) is 0 Å². The minimum Gasteiger partial charge on any atom is -0.463 e. The van der Waals surface area contributed by atoms with E-state index in [0.717, 1.165) is 5.56 Å². The Bertz CT molecular complexity index is 863.